The Bertz CT molecular complexity index is 738. The number of rotatable bonds is 5. The highest BCUT2D eigenvalue weighted by molar-refractivity contribution is 5.95. The second-order valence-electron chi connectivity index (χ2n) is 6.19. The Hall–Kier alpha value is -2.48. The van der Waals surface area contributed by atoms with Crippen LogP contribution < -0.4 is 10.1 Å². The lowest BCUT2D eigenvalue weighted by molar-refractivity contribution is 0.0597. The van der Waals surface area contributed by atoms with Gasteiger partial charge >= 0.3 is 0 Å². The third-order valence-electron chi connectivity index (χ3n) is 4.57. The Labute approximate surface area is 146 Å². The summed E-state index contributed by atoms with van der Waals surface area (Å²) >= 11 is 0. The quantitative estimate of drug-likeness (QED) is 0.884. The molecule has 2 aromatic heterocycles. The smallest absolute Gasteiger partial charge is 0.275 e. The number of aromatic nitrogens is 4. The lowest BCUT2D eigenvalue weighted by atomic mass is 9.93. The van der Waals surface area contributed by atoms with Crippen molar-refractivity contribution in [2.45, 2.75) is 37.8 Å². The lowest BCUT2D eigenvalue weighted by Gasteiger charge is -2.28. The molecule has 0 saturated heterocycles. The second kappa shape index (κ2) is 7.60. The number of carbonyl (C=O) groups excluding carboxylic acids is 1. The summed E-state index contributed by atoms with van der Waals surface area (Å²) in [7, 11) is 5.07. The third-order valence-corrected chi connectivity index (χ3v) is 4.57. The van der Waals surface area contributed by atoms with E-state index >= 15 is 0 Å². The van der Waals surface area contributed by atoms with E-state index in [4.69, 9.17) is 9.47 Å². The van der Waals surface area contributed by atoms with Gasteiger partial charge in [-0.2, -0.15) is 0 Å². The molecule has 0 radical (unpaired) electrons. The van der Waals surface area contributed by atoms with E-state index in [0.717, 1.165) is 31.4 Å². The molecule has 8 heteroatoms. The maximum absolute atomic E-state index is 12.7. The van der Waals surface area contributed by atoms with Crippen molar-refractivity contribution in [3.63, 3.8) is 0 Å². The van der Waals surface area contributed by atoms with Crippen molar-refractivity contribution in [2.75, 3.05) is 14.2 Å². The number of nitrogens with zero attached hydrogens (tertiary/aromatic N) is 4. The molecule has 0 spiro atoms. The average Bonchev–Trinajstić information content (AvgIpc) is 3.07. The molecule has 0 atom stereocenters. The number of methoxy groups -OCH3 is 2. The number of nitrogens with one attached hydrogen (secondary N) is 1. The molecule has 25 heavy (non-hydrogen) atoms. The van der Waals surface area contributed by atoms with Gasteiger partial charge in [-0.15, -0.1) is 0 Å². The van der Waals surface area contributed by atoms with Gasteiger partial charge in [0, 0.05) is 20.2 Å². The summed E-state index contributed by atoms with van der Waals surface area (Å²) in [5, 5.41) is 3.04. The van der Waals surface area contributed by atoms with Gasteiger partial charge in [-0.3, -0.25) is 4.79 Å². The number of hydrogen-bond acceptors (Lipinski definition) is 6. The van der Waals surface area contributed by atoms with Gasteiger partial charge in [-0.1, -0.05) is 0 Å². The van der Waals surface area contributed by atoms with Crippen LogP contribution in [0.1, 0.15) is 36.2 Å². The molecule has 2 aromatic rings. The fourth-order valence-electron chi connectivity index (χ4n) is 3.10. The molecule has 1 aliphatic rings. The fraction of sp³-hybridized carbons (Fsp3) is 0.529. The van der Waals surface area contributed by atoms with Gasteiger partial charge in [-0.25, -0.2) is 15.0 Å². The largest absolute Gasteiger partial charge is 0.479 e. The van der Waals surface area contributed by atoms with Crippen LogP contribution in [-0.4, -0.2) is 51.8 Å². The van der Waals surface area contributed by atoms with Crippen molar-refractivity contribution in [3.8, 4) is 17.3 Å². The summed E-state index contributed by atoms with van der Waals surface area (Å²) in [6.07, 6.45) is 8.90. The number of amides is 1. The van der Waals surface area contributed by atoms with Crippen molar-refractivity contribution in [3.05, 3.63) is 24.4 Å². The van der Waals surface area contributed by atoms with Crippen LogP contribution in [0.25, 0.3) is 11.4 Å². The molecule has 1 fully saturated rings. The molecular formula is C17H23N5O3. The summed E-state index contributed by atoms with van der Waals surface area (Å²) in [5.74, 6) is -0.0526. The van der Waals surface area contributed by atoms with E-state index in [1.165, 1.54) is 7.11 Å². The van der Waals surface area contributed by atoms with E-state index < -0.39 is 0 Å². The monoisotopic (exact) mass is 345 g/mol. The Balaban J connectivity index is 1.78. The Morgan fingerprint density at radius 1 is 1.24 bits per heavy atom. The van der Waals surface area contributed by atoms with Crippen LogP contribution in [0.4, 0.5) is 0 Å². The van der Waals surface area contributed by atoms with Crippen LogP contribution in [0.2, 0.25) is 0 Å². The fourth-order valence-corrected chi connectivity index (χ4v) is 3.10. The molecule has 0 aliphatic heterocycles. The minimum absolute atomic E-state index is 0.116. The van der Waals surface area contributed by atoms with Crippen molar-refractivity contribution in [2.24, 2.45) is 7.05 Å². The molecule has 1 aliphatic carbocycles. The van der Waals surface area contributed by atoms with Crippen molar-refractivity contribution in [1.29, 1.82) is 0 Å². The van der Waals surface area contributed by atoms with Crippen LogP contribution in [0, 0.1) is 0 Å². The molecule has 1 amide bonds. The van der Waals surface area contributed by atoms with Gasteiger partial charge in [0.2, 0.25) is 5.88 Å². The molecule has 2 heterocycles. The summed E-state index contributed by atoms with van der Waals surface area (Å²) < 4.78 is 12.4. The summed E-state index contributed by atoms with van der Waals surface area (Å²) in [5.41, 5.74) is 1.55. The van der Waals surface area contributed by atoms with E-state index in [-0.39, 0.29) is 29.6 Å². The highest BCUT2D eigenvalue weighted by atomic mass is 16.5. The first-order valence-corrected chi connectivity index (χ1v) is 8.33. The van der Waals surface area contributed by atoms with Gasteiger partial charge in [0.1, 0.15) is 5.69 Å². The van der Waals surface area contributed by atoms with Crippen molar-refractivity contribution in [1.82, 2.24) is 24.8 Å². The maximum Gasteiger partial charge on any atom is 0.275 e. The molecule has 1 saturated carbocycles. The van der Waals surface area contributed by atoms with Crippen molar-refractivity contribution < 1.29 is 14.3 Å². The first-order chi connectivity index (χ1) is 12.1. The van der Waals surface area contributed by atoms with E-state index in [1.54, 1.807) is 25.8 Å². The molecular weight excluding hydrogens is 322 g/mol. The highest BCUT2D eigenvalue weighted by Gasteiger charge is 2.25. The summed E-state index contributed by atoms with van der Waals surface area (Å²) in [4.78, 5) is 25.5. The minimum Gasteiger partial charge on any atom is -0.479 e. The SMILES string of the molecule is COc1ncc(-c2cncn2C)nc1C(=O)NC1CCC(OC)CC1. The molecule has 134 valence electrons. The predicted octanol–water partition coefficient (Wildman–Crippen LogP) is 1.57. The summed E-state index contributed by atoms with van der Waals surface area (Å²) in [6, 6.07) is 0.116. The zero-order valence-corrected chi connectivity index (χ0v) is 14.7. The van der Waals surface area contributed by atoms with E-state index in [1.807, 2.05) is 11.6 Å². The Morgan fingerprint density at radius 3 is 2.60 bits per heavy atom. The first kappa shape index (κ1) is 17.3. The number of aryl methyl sites for hydroxylation is 1. The lowest BCUT2D eigenvalue weighted by Crippen LogP contribution is -2.39. The van der Waals surface area contributed by atoms with Crippen LogP contribution in [0.15, 0.2) is 18.7 Å². The van der Waals surface area contributed by atoms with Crippen LogP contribution in [0.5, 0.6) is 5.88 Å². The highest BCUT2D eigenvalue weighted by Crippen LogP contribution is 2.23. The molecule has 0 bridgehead atoms. The second-order valence-corrected chi connectivity index (χ2v) is 6.19. The standard InChI is InChI=1S/C17H23N5O3/c1-22-10-18-9-14(22)13-8-19-17(25-3)15(21-13)16(23)20-11-4-6-12(24-2)7-5-11/h8-12H,4-7H2,1-3H3,(H,20,23). The predicted molar refractivity (Wildman–Crippen MR) is 91.3 cm³/mol. The molecule has 3 rings (SSSR count). The first-order valence-electron chi connectivity index (χ1n) is 8.33. The number of ether oxygens (including phenoxy) is 2. The zero-order chi connectivity index (χ0) is 17.8. The van der Waals surface area contributed by atoms with Gasteiger partial charge in [0.25, 0.3) is 5.91 Å². The van der Waals surface area contributed by atoms with Crippen LogP contribution in [0.3, 0.4) is 0 Å². The molecule has 0 aromatic carbocycles. The van der Waals surface area contributed by atoms with Gasteiger partial charge in [-0.05, 0) is 25.7 Å². The maximum atomic E-state index is 12.7. The zero-order valence-electron chi connectivity index (χ0n) is 14.7. The van der Waals surface area contributed by atoms with Crippen LogP contribution in [-0.2, 0) is 11.8 Å². The number of imidazole rings is 1. The van der Waals surface area contributed by atoms with E-state index in [9.17, 15) is 4.79 Å². The van der Waals surface area contributed by atoms with E-state index in [0.29, 0.717) is 5.69 Å². The topological polar surface area (TPSA) is 91.2 Å². The Morgan fingerprint density at radius 2 is 2.00 bits per heavy atom. The normalized spacial score (nSPS) is 20.3. The summed E-state index contributed by atoms with van der Waals surface area (Å²) in [6.45, 7) is 0. The molecule has 8 nitrogen and oxygen atoms in total. The Kier molecular flexibility index (Phi) is 5.28. The van der Waals surface area contributed by atoms with Gasteiger partial charge in [0.05, 0.1) is 37.6 Å². The molecule has 0 unspecified atom stereocenters. The molecule has 1 N–H and O–H groups in total. The third kappa shape index (κ3) is 3.79. The number of hydrogen-bond donors (Lipinski definition) is 1. The van der Waals surface area contributed by atoms with Crippen molar-refractivity contribution >= 4 is 5.91 Å². The minimum atomic E-state index is -0.269. The van der Waals surface area contributed by atoms with Crippen LogP contribution >= 0.6 is 0 Å². The van der Waals surface area contributed by atoms with Gasteiger partial charge in [0.15, 0.2) is 5.69 Å². The van der Waals surface area contributed by atoms with Gasteiger partial charge < -0.3 is 19.4 Å². The average molecular weight is 345 g/mol. The number of carbonyl (C=O) groups is 1. The van der Waals surface area contributed by atoms with E-state index in [2.05, 4.69) is 20.3 Å².